The molecule has 0 radical (unpaired) electrons. The van der Waals surface area contributed by atoms with Gasteiger partial charge in [0.2, 0.25) is 5.95 Å². The second-order valence-electron chi connectivity index (χ2n) is 6.32. The molecule has 0 saturated carbocycles. The van der Waals surface area contributed by atoms with Gasteiger partial charge in [-0.25, -0.2) is 15.0 Å². The molecule has 0 aliphatic carbocycles. The Morgan fingerprint density at radius 2 is 1.90 bits per heavy atom. The van der Waals surface area contributed by atoms with E-state index in [4.69, 9.17) is 0 Å². The van der Waals surface area contributed by atoms with Gasteiger partial charge in [0.05, 0.1) is 11.6 Å². The molecule has 1 aliphatic rings. The zero-order valence-electron chi connectivity index (χ0n) is 14.5. The summed E-state index contributed by atoms with van der Waals surface area (Å²) in [7, 11) is 0. The molecule has 3 aromatic heterocycles. The summed E-state index contributed by atoms with van der Waals surface area (Å²) >= 11 is 1.58. The van der Waals surface area contributed by atoms with E-state index in [-0.39, 0.29) is 17.0 Å². The monoisotopic (exact) mass is 417 g/mol. The van der Waals surface area contributed by atoms with Gasteiger partial charge >= 0.3 is 6.18 Å². The van der Waals surface area contributed by atoms with E-state index < -0.39 is 17.8 Å². The summed E-state index contributed by atoms with van der Waals surface area (Å²) in [5.41, 5.74) is 1.22. The first-order chi connectivity index (χ1) is 13.9. The summed E-state index contributed by atoms with van der Waals surface area (Å²) in [5.74, 6) is 0.283. The van der Waals surface area contributed by atoms with Crippen LogP contribution in [0, 0.1) is 5.95 Å². The average molecular weight is 417 g/mol. The number of rotatable bonds is 2. The molecule has 29 heavy (non-hydrogen) atoms. The van der Waals surface area contributed by atoms with Gasteiger partial charge in [0.15, 0.2) is 5.65 Å². The Kier molecular flexibility index (Phi) is 3.98. The molecule has 0 spiro atoms. The number of nitrogens with one attached hydrogen (secondary N) is 1. The maximum Gasteiger partial charge on any atom is 0.433 e. The molecule has 5 nitrogen and oxygen atoms in total. The summed E-state index contributed by atoms with van der Waals surface area (Å²) in [6.45, 7) is 0. The molecule has 1 aliphatic heterocycles. The molecule has 0 amide bonds. The van der Waals surface area contributed by atoms with Gasteiger partial charge in [0, 0.05) is 28.4 Å². The first-order valence-electron chi connectivity index (χ1n) is 8.50. The van der Waals surface area contributed by atoms with Gasteiger partial charge in [-0.15, -0.1) is 11.8 Å². The topological polar surface area (TPSA) is 55.6 Å². The van der Waals surface area contributed by atoms with E-state index in [0.29, 0.717) is 17.1 Å². The quantitative estimate of drug-likeness (QED) is 0.363. The number of imidazole rings is 1. The fourth-order valence-electron chi connectivity index (χ4n) is 3.20. The molecule has 10 heteroatoms. The molecule has 1 aromatic carbocycles. The molecule has 1 N–H and O–H groups in total. The van der Waals surface area contributed by atoms with Crippen LogP contribution in [0.5, 0.6) is 0 Å². The molecule has 0 saturated heterocycles. The largest absolute Gasteiger partial charge is 0.433 e. The van der Waals surface area contributed by atoms with E-state index in [0.717, 1.165) is 16.6 Å². The second-order valence-corrected chi connectivity index (χ2v) is 7.34. The van der Waals surface area contributed by atoms with E-state index in [1.54, 1.807) is 23.9 Å². The summed E-state index contributed by atoms with van der Waals surface area (Å²) < 4.78 is 55.0. The number of halogens is 4. The van der Waals surface area contributed by atoms with Crippen molar-refractivity contribution in [1.82, 2.24) is 19.5 Å². The third kappa shape index (κ3) is 3.09. The first kappa shape index (κ1) is 17.9. The summed E-state index contributed by atoms with van der Waals surface area (Å²) in [6.07, 6.45) is -3.31. The van der Waals surface area contributed by atoms with Crippen LogP contribution < -0.4 is 5.32 Å². The highest BCUT2D eigenvalue weighted by Crippen LogP contribution is 2.37. The van der Waals surface area contributed by atoms with Crippen molar-refractivity contribution in [2.45, 2.75) is 11.1 Å². The Hall–Kier alpha value is -3.14. The van der Waals surface area contributed by atoms with Crippen LogP contribution in [0.15, 0.2) is 53.6 Å². The zero-order valence-corrected chi connectivity index (χ0v) is 15.4. The number of aromatic nitrogens is 4. The lowest BCUT2D eigenvalue weighted by molar-refractivity contribution is -0.141. The van der Waals surface area contributed by atoms with Crippen LogP contribution in [0.25, 0.3) is 28.2 Å². The predicted octanol–water partition coefficient (Wildman–Crippen LogP) is 5.12. The maximum absolute atomic E-state index is 13.7. The van der Waals surface area contributed by atoms with Crippen LogP contribution >= 0.6 is 11.8 Å². The number of thioether (sulfide) groups is 1. The lowest BCUT2D eigenvalue weighted by atomic mass is 10.2. The Bertz CT molecular complexity index is 1250. The average Bonchev–Trinajstić information content (AvgIpc) is 3.30. The van der Waals surface area contributed by atoms with Crippen molar-refractivity contribution in [2.75, 3.05) is 11.2 Å². The molecule has 146 valence electrons. The number of fused-ring (bicyclic) bond motifs is 2. The molecule has 4 aromatic rings. The molecule has 0 unspecified atom stereocenters. The smallest absolute Gasteiger partial charge is 0.375 e. The van der Waals surface area contributed by atoms with E-state index in [9.17, 15) is 17.6 Å². The standard InChI is InChI=1S/C19H11F4N5S/c20-16-7-10(5-6-24-16)17-26-13-3-4-15(19(21,22)23)27-18(13)28(17)11-1-2-12-14(8-11)29-9-25-12/h1-8,25H,9H2. The van der Waals surface area contributed by atoms with Gasteiger partial charge in [-0.1, -0.05) is 0 Å². The number of anilines is 1. The zero-order chi connectivity index (χ0) is 20.2. The minimum Gasteiger partial charge on any atom is -0.375 e. The predicted molar refractivity (Wildman–Crippen MR) is 101 cm³/mol. The van der Waals surface area contributed by atoms with Crippen LogP contribution in [0.3, 0.4) is 0 Å². The van der Waals surface area contributed by atoms with Gasteiger partial charge in [-0.2, -0.15) is 17.6 Å². The molecule has 0 fully saturated rings. The van der Waals surface area contributed by atoms with Crippen LogP contribution in [-0.4, -0.2) is 25.4 Å². The third-order valence-electron chi connectivity index (χ3n) is 4.49. The molecule has 5 rings (SSSR count). The van der Waals surface area contributed by atoms with Crippen molar-refractivity contribution < 1.29 is 17.6 Å². The van der Waals surface area contributed by atoms with E-state index >= 15 is 0 Å². The van der Waals surface area contributed by atoms with Crippen molar-refractivity contribution in [1.29, 1.82) is 0 Å². The number of hydrogen-bond donors (Lipinski definition) is 1. The number of pyridine rings is 2. The van der Waals surface area contributed by atoms with Crippen LogP contribution in [0.1, 0.15) is 5.69 Å². The van der Waals surface area contributed by atoms with Crippen molar-refractivity contribution in [3.8, 4) is 17.1 Å². The van der Waals surface area contributed by atoms with Gasteiger partial charge in [0.25, 0.3) is 0 Å². The molecular formula is C19H11F4N5S. The Labute approximate surface area is 165 Å². The molecule has 4 heterocycles. The van der Waals surface area contributed by atoms with E-state index in [2.05, 4.69) is 20.3 Å². The molecular weight excluding hydrogens is 406 g/mol. The van der Waals surface area contributed by atoms with Crippen LogP contribution in [0.4, 0.5) is 23.2 Å². The minimum atomic E-state index is -4.59. The van der Waals surface area contributed by atoms with Crippen molar-refractivity contribution in [2.24, 2.45) is 0 Å². The van der Waals surface area contributed by atoms with Crippen molar-refractivity contribution in [3.05, 3.63) is 60.3 Å². The Morgan fingerprint density at radius 1 is 1.03 bits per heavy atom. The van der Waals surface area contributed by atoms with Crippen LogP contribution in [-0.2, 0) is 6.18 Å². The fraction of sp³-hybridized carbons (Fsp3) is 0.105. The summed E-state index contributed by atoms with van der Waals surface area (Å²) in [4.78, 5) is 12.8. The summed E-state index contributed by atoms with van der Waals surface area (Å²) in [5, 5.41) is 3.21. The number of benzene rings is 1. The SMILES string of the molecule is Fc1cc(-c2nc3ccc(C(F)(F)F)nc3n2-c2ccc3c(c2)SCN3)ccn1. The van der Waals surface area contributed by atoms with Crippen molar-refractivity contribution >= 4 is 28.6 Å². The minimum absolute atomic E-state index is 0.0444. The highest BCUT2D eigenvalue weighted by Gasteiger charge is 2.33. The van der Waals surface area contributed by atoms with Crippen molar-refractivity contribution in [3.63, 3.8) is 0 Å². The van der Waals surface area contributed by atoms with Gasteiger partial charge in [-0.3, -0.25) is 4.57 Å². The second kappa shape index (κ2) is 6.45. The summed E-state index contributed by atoms with van der Waals surface area (Å²) in [6, 6.07) is 10.4. The molecule has 0 bridgehead atoms. The number of nitrogens with zero attached hydrogens (tertiary/aromatic N) is 4. The van der Waals surface area contributed by atoms with E-state index in [1.165, 1.54) is 22.9 Å². The lowest BCUT2D eigenvalue weighted by Gasteiger charge is -2.11. The van der Waals surface area contributed by atoms with Gasteiger partial charge in [0.1, 0.15) is 17.0 Å². The molecule has 0 atom stereocenters. The number of alkyl halides is 3. The van der Waals surface area contributed by atoms with E-state index in [1.807, 2.05) is 12.1 Å². The van der Waals surface area contributed by atoms with Gasteiger partial charge in [-0.05, 0) is 36.4 Å². The highest BCUT2D eigenvalue weighted by molar-refractivity contribution is 7.99. The fourth-order valence-corrected chi connectivity index (χ4v) is 4.09. The normalized spacial score (nSPS) is 13.5. The lowest BCUT2D eigenvalue weighted by Crippen LogP contribution is -2.09. The van der Waals surface area contributed by atoms with Gasteiger partial charge < -0.3 is 5.32 Å². The third-order valence-corrected chi connectivity index (χ3v) is 5.43. The maximum atomic E-state index is 13.7. The number of hydrogen-bond acceptors (Lipinski definition) is 5. The Balaban J connectivity index is 1.81. The van der Waals surface area contributed by atoms with Crippen LogP contribution in [0.2, 0.25) is 0 Å². The highest BCUT2D eigenvalue weighted by atomic mass is 32.2. The Morgan fingerprint density at radius 3 is 2.69 bits per heavy atom. The first-order valence-corrected chi connectivity index (χ1v) is 9.48.